The van der Waals surface area contributed by atoms with Gasteiger partial charge in [-0.25, -0.2) is 4.98 Å². The average Bonchev–Trinajstić information content (AvgIpc) is 3.14. The van der Waals surface area contributed by atoms with Gasteiger partial charge >= 0.3 is 0 Å². The second-order valence-corrected chi connectivity index (χ2v) is 6.34. The monoisotopic (exact) mass is 306 g/mol. The Balaban J connectivity index is 1.62. The summed E-state index contributed by atoms with van der Waals surface area (Å²) in [6.45, 7) is 8.42. The maximum Gasteiger partial charge on any atom is 0.245 e. The summed E-state index contributed by atoms with van der Waals surface area (Å²) < 4.78 is 0. The first kappa shape index (κ1) is 14.5. The van der Waals surface area contributed by atoms with Crippen molar-refractivity contribution in [3.8, 4) is 10.7 Å². The first-order valence-corrected chi connectivity index (χ1v) is 8.44. The van der Waals surface area contributed by atoms with Crippen molar-refractivity contribution in [2.24, 2.45) is 5.92 Å². The summed E-state index contributed by atoms with van der Waals surface area (Å²) in [5.74, 6) is 2.43. The molecule has 0 amide bonds. The van der Waals surface area contributed by atoms with Crippen LogP contribution in [0.5, 0.6) is 0 Å². The number of aromatic amines is 1. The average molecular weight is 306 g/mol. The second-order valence-electron chi connectivity index (χ2n) is 5.49. The van der Waals surface area contributed by atoms with Gasteiger partial charge in [0.25, 0.3) is 0 Å². The van der Waals surface area contributed by atoms with Gasteiger partial charge in [-0.3, -0.25) is 5.10 Å². The molecule has 1 aliphatic rings. The minimum Gasteiger partial charge on any atom is -0.340 e. The maximum absolute atomic E-state index is 4.64. The van der Waals surface area contributed by atoms with Crippen LogP contribution in [-0.2, 0) is 0 Å². The Bertz CT molecular complexity index is 570. The van der Waals surface area contributed by atoms with Crippen LogP contribution in [0.2, 0.25) is 0 Å². The van der Waals surface area contributed by atoms with Gasteiger partial charge in [-0.1, -0.05) is 6.92 Å². The van der Waals surface area contributed by atoms with Crippen molar-refractivity contribution in [1.82, 2.24) is 25.5 Å². The van der Waals surface area contributed by atoms with E-state index in [9.17, 15) is 0 Å². The van der Waals surface area contributed by atoms with E-state index in [0.29, 0.717) is 0 Å². The van der Waals surface area contributed by atoms with Crippen LogP contribution < -0.4 is 10.2 Å². The summed E-state index contributed by atoms with van der Waals surface area (Å²) in [5, 5.41) is 10.9. The first-order chi connectivity index (χ1) is 10.3. The normalized spacial score (nSPS) is 16.6. The Morgan fingerprint density at radius 2 is 2.24 bits per heavy atom. The van der Waals surface area contributed by atoms with Crippen LogP contribution in [0, 0.1) is 12.8 Å². The van der Waals surface area contributed by atoms with Crippen molar-refractivity contribution in [3.05, 3.63) is 11.2 Å². The molecule has 6 nitrogen and oxygen atoms in total. The lowest BCUT2D eigenvalue weighted by molar-refractivity contribution is 0.384. The molecule has 2 aromatic rings. The van der Waals surface area contributed by atoms with Crippen molar-refractivity contribution in [2.45, 2.75) is 26.7 Å². The van der Waals surface area contributed by atoms with E-state index in [4.69, 9.17) is 0 Å². The third-order valence-corrected chi connectivity index (χ3v) is 4.95. The molecule has 1 saturated heterocycles. The zero-order valence-corrected chi connectivity index (χ0v) is 13.4. The van der Waals surface area contributed by atoms with E-state index in [0.717, 1.165) is 54.4 Å². The lowest BCUT2D eigenvalue weighted by Crippen LogP contribution is -2.37. The molecule has 3 rings (SSSR count). The van der Waals surface area contributed by atoms with E-state index < -0.39 is 0 Å². The van der Waals surface area contributed by atoms with E-state index in [2.05, 4.69) is 37.3 Å². The highest BCUT2D eigenvalue weighted by Crippen LogP contribution is 2.26. The lowest BCUT2D eigenvalue weighted by atomic mass is 9.97. The molecule has 3 heterocycles. The van der Waals surface area contributed by atoms with Gasteiger partial charge < -0.3 is 10.2 Å². The molecule has 1 fully saturated rings. The van der Waals surface area contributed by atoms with Gasteiger partial charge in [0.2, 0.25) is 5.95 Å². The molecule has 1 aliphatic heterocycles. The Kier molecular flexibility index (Phi) is 4.50. The largest absolute Gasteiger partial charge is 0.340 e. The lowest BCUT2D eigenvalue weighted by Gasteiger charge is -2.31. The number of nitrogens with zero attached hydrogens (tertiary/aromatic N) is 4. The predicted molar refractivity (Wildman–Crippen MR) is 85.7 cm³/mol. The summed E-state index contributed by atoms with van der Waals surface area (Å²) in [7, 11) is 0. The Hall–Kier alpha value is -1.47. The number of thiazole rings is 1. The van der Waals surface area contributed by atoms with Crippen molar-refractivity contribution >= 4 is 17.3 Å². The van der Waals surface area contributed by atoms with Crippen LogP contribution in [0.1, 0.15) is 25.5 Å². The molecule has 0 saturated carbocycles. The van der Waals surface area contributed by atoms with Crippen molar-refractivity contribution in [3.63, 3.8) is 0 Å². The highest BCUT2D eigenvalue weighted by atomic mass is 32.1. The van der Waals surface area contributed by atoms with Gasteiger partial charge in [0.1, 0.15) is 0 Å². The fraction of sp³-hybridized carbons (Fsp3) is 0.643. The van der Waals surface area contributed by atoms with E-state index in [-0.39, 0.29) is 0 Å². The molecule has 114 valence electrons. The van der Waals surface area contributed by atoms with Crippen LogP contribution in [0.25, 0.3) is 10.7 Å². The van der Waals surface area contributed by atoms with Crippen LogP contribution in [0.15, 0.2) is 5.51 Å². The van der Waals surface area contributed by atoms with Crippen LogP contribution >= 0.6 is 11.3 Å². The van der Waals surface area contributed by atoms with Gasteiger partial charge in [-0.05, 0) is 38.8 Å². The number of piperidine rings is 1. The van der Waals surface area contributed by atoms with E-state index in [1.54, 1.807) is 11.3 Å². The van der Waals surface area contributed by atoms with Gasteiger partial charge in [-0.15, -0.1) is 16.4 Å². The number of anilines is 1. The van der Waals surface area contributed by atoms with Crippen molar-refractivity contribution < 1.29 is 0 Å². The smallest absolute Gasteiger partial charge is 0.245 e. The molecule has 0 unspecified atom stereocenters. The summed E-state index contributed by atoms with van der Waals surface area (Å²) in [6, 6.07) is 0. The molecule has 0 atom stereocenters. The number of hydrogen-bond donors (Lipinski definition) is 2. The maximum atomic E-state index is 4.64. The zero-order valence-electron chi connectivity index (χ0n) is 12.6. The molecule has 0 bridgehead atoms. The van der Waals surface area contributed by atoms with E-state index in [1.807, 2.05) is 12.4 Å². The van der Waals surface area contributed by atoms with E-state index >= 15 is 0 Å². The highest BCUT2D eigenvalue weighted by molar-refractivity contribution is 7.13. The molecule has 0 spiro atoms. The first-order valence-electron chi connectivity index (χ1n) is 7.56. The fourth-order valence-electron chi connectivity index (χ4n) is 2.71. The summed E-state index contributed by atoms with van der Waals surface area (Å²) in [5.41, 5.74) is 2.85. The Morgan fingerprint density at radius 1 is 1.43 bits per heavy atom. The zero-order chi connectivity index (χ0) is 14.7. The van der Waals surface area contributed by atoms with Crippen molar-refractivity contribution in [2.75, 3.05) is 31.1 Å². The number of H-pyrrole nitrogens is 1. The van der Waals surface area contributed by atoms with Crippen molar-refractivity contribution in [1.29, 1.82) is 0 Å². The second kappa shape index (κ2) is 6.53. The number of aromatic nitrogens is 4. The Morgan fingerprint density at radius 3 is 2.90 bits per heavy atom. The molecule has 21 heavy (non-hydrogen) atoms. The molecule has 7 heteroatoms. The summed E-state index contributed by atoms with van der Waals surface area (Å²) in [4.78, 5) is 12.3. The molecular weight excluding hydrogens is 284 g/mol. The highest BCUT2D eigenvalue weighted by Gasteiger charge is 2.22. The fourth-order valence-corrected chi connectivity index (χ4v) is 3.45. The number of rotatable bonds is 5. The van der Waals surface area contributed by atoms with Gasteiger partial charge in [0, 0.05) is 13.1 Å². The van der Waals surface area contributed by atoms with Crippen LogP contribution in [0.3, 0.4) is 0 Å². The summed E-state index contributed by atoms with van der Waals surface area (Å²) >= 11 is 1.60. The summed E-state index contributed by atoms with van der Waals surface area (Å²) in [6.07, 6.45) is 2.41. The van der Waals surface area contributed by atoms with Crippen LogP contribution in [0.4, 0.5) is 5.95 Å². The number of nitrogens with one attached hydrogen (secondary N) is 2. The molecule has 2 N–H and O–H groups in total. The standard InChI is InChI=1S/C14H22N6S/c1-3-15-8-11-4-6-20(7-5-11)14-17-13(18-19-14)12-10(2)16-9-21-12/h9,11,15H,3-8H2,1-2H3,(H,17,18,19). The van der Waals surface area contributed by atoms with Gasteiger partial charge in [-0.2, -0.15) is 4.98 Å². The minimum atomic E-state index is 0.781. The molecule has 0 aromatic carbocycles. The van der Waals surface area contributed by atoms with E-state index in [1.165, 1.54) is 12.8 Å². The van der Waals surface area contributed by atoms with Gasteiger partial charge in [0.05, 0.1) is 16.1 Å². The number of hydrogen-bond acceptors (Lipinski definition) is 6. The quantitative estimate of drug-likeness (QED) is 0.885. The third-order valence-electron chi connectivity index (χ3n) is 4.01. The Labute approximate surface area is 129 Å². The molecule has 2 aromatic heterocycles. The number of aryl methyl sites for hydroxylation is 1. The third kappa shape index (κ3) is 3.24. The van der Waals surface area contributed by atoms with Gasteiger partial charge in [0.15, 0.2) is 5.82 Å². The molecule has 0 radical (unpaired) electrons. The molecular formula is C14H22N6S. The molecule has 0 aliphatic carbocycles. The predicted octanol–water partition coefficient (Wildman–Crippen LogP) is 2.06. The minimum absolute atomic E-state index is 0.781. The topological polar surface area (TPSA) is 69.7 Å². The van der Waals surface area contributed by atoms with Crippen LogP contribution in [-0.4, -0.2) is 46.3 Å². The SMILES string of the molecule is CCNCC1CCN(c2n[nH]c(-c3scnc3C)n2)CC1.